The number of hydrogen-bond acceptors (Lipinski definition) is 3. The van der Waals surface area contributed by atoms with Gasteiger partial charge in [0.1, 0.15) is 0 Å². The third-order valence-electron chi connectivity index (χ3n) is 3.70. The largest absolute Gasteiger partial charge is 0.321 e. The Bertz CT molecular complexity index is 883. The predicted octanol–water partition coefficient (Wildman–Crippen LogP) is 4.00. The summed E-state index contributed by atoms with van der Waals surface area (Å²) in [6.07, 6.45) is 0.627. The average Bonchev–Trinajstić information content (AvgIpc) is 2.89. The summed E-state index contributed by atoms with van der Waals surface area (Å²) in [5.41, 5.74) is 1.72. The number of anilines is 2. The summed E-state index contributed by atoms with van der Waals surface area (Å²) in [6, 6.07) is 12.1. The van der Waals surface area contributed by atoms with Gasteiger partial charge in [0.25, 0.3) is 5.91 Å². The summed E-state index contributed by atoms with van der Waals surface area (Å²) < 4.78 is 26.9. The van der Waals surface area contributed by atoms with E-state index in [1.54, 1.807) is 30.3 Å². The summed E-state index contributed by atoms with van der Waals surface area (Å²) in [7, 11) is -3.21. The van der Waals surface area contributed by atoms with Crippen LogP contribution in [0.2, 0.25) is 0 Å². The van der Waals surface area contributed by atoms with Gasteiger partial charge in [-0.1, -0.05) is 15.9 Å². The second kappa shape index (κ2) is 6.85. The summed E-state index contributed by atoms with van der Waals surface area (Å²) in [4.78, 5) is 12.3. The standard InChI is InChI=1S/C16H14Br2N2O3S/c17-12-4-7-15(14(18)10-12)19-16(21)11-2-5-13(6-3-11)20-8-1-9-24(20,22)23/h2-7,10H,1,8-9H2,(H,19,21). The number of nitrogens with one attached hydrogen (secondary N) is 1. The van der Waals surface area contributed by atoms with Gasteiger partial charge in [0.05, 0.1) is 17.1 Å². The SMILES string of the molecule is O=C(Nc1ccc(Br)cc1Br)c1ccc(N2CCCS2(=O)=O)cc1. The lowest BCUT2D eigenvalue weighted by Crippen LogP contribution is -2.25. The molecule has 1 aliphatic rings. The Balaban J connectivity index is 1.77. The molecule has 0 aliphatic carbocycles. The highest BCUT2D eigenvalue weighted by Crippen LogP contribution is 2.27. The van der Waals surface area contributed by atoms with Gasteiger partial charge in [-0.05, 0) is 64.8 Å². The van der Waals surface area contributed by atoms with Crippen LogP contribution in [0.5, 0.6) is 0 Å². The number of amides is 1. The van der Waals surface area contributed by atoms with Gasteiger partial charge in [0.15, 0.2) is 0 Å². The van der Waals surface area contributed by atoms with Gasteiger partial charge in [-0.3, -0.25) is 9.10 Å². The highest BCUT2D eigenvalue weighted by atomic mass is 79.9. The molecule has 8 heteroatoms. The molecule has 0 atom stereocenters. The minimum Gasteiger partial charge on any atom is -0.321 e. The van der Waals surface area contributed by atoms with E-state index >= 15 is 0 Å². The van der Waals surface area contributed by atoms with Crippen LogP contribution in [0.1, 0.15) is 16.8 Å². The summed E-state index contributed by atoms with van der Waals surface area (Å²) >= 11 is 6.76. The Morgan fingerprint density at radius 2 is 1.79 bits per heavy atom. The molecule has 0 spiro atoms. The van der Waals surface area contributed by atoms with Gasteiger partial charge in [0.2, 0.25) is 10.0 Å². The van der Waals surface area contributed by atoms with Crippen molar-refractivity contribution in [3.05, 3.63) is 57.0 Å². The first-order valence-electron chi connectivity index (χ1n) is 7.24. The predicted molar refractivity (Wildman–Crippen MR) is 102 cm³/mol. The first-order chi connectivity index (χ1) is 11.4. The van der Waals surface area contributed by atoms with Crippen LogP contribution < -0.4 is 9.62 Å². The van der Waals surface area contributed by atoms with Crippen molar-refractivity contribution < 1.29 is 13.2 Å². The van der Waals surface area contributed by atoms with Gasteiger partial charge < -0.3 is 5.32 Å². The van der Waals surface area contributed by atoms with Crippen molar-refractivity contribution in [2.75, 3.05) is 21.9 Å². The van der Waals surface area contributed by atoms with Crippen molar-refractivity contribution in [1.82, 2.24) is 0 Å². The van der Waals surface area contributed by atoms with E-state index in [0.717, 1.165) is 8.95 Å². The smallest absolute Gasteiger partial charge is 0.255 e. The van der Waals surface area contributed by atoms with Gasteiger partial charge in [-0.25, -0.2) is 8.42 Å². The maximum absolute atomic E-state index is 12.3. The monoisotopic (exact) mass is 472 g/mol. The highest BCUT2D eigenvalue weighted by molar-refractivity contribution is 9.11. The Morgan fingerprint density at radius 3 is 2.38 bits per heavy atom. The van der Waals surface area contributed by atoms with E-state index < -0.39 is 10.0 Å². The van der Waals surface area contributed by atoms with Crippen molar-refractivity contribution in [3.63, 3.8) is 0 Å². The van der Waals surface area contributed by atoms with Crippen molar-refractivity contribution in [1.29, 1.82) is 0 Å². The molecule has 1 fully saturated rings. The van der Waals surface area contributed by atoms with Crippen LogP contribution in [0.3, 0.4) is 0 Å². The zero-order chi connectivity index (χ0) is 17.3. The van der Waals surface area contributed by atoms with E-state index in [9.17, 15) is 13.2 Å². The van der Waals surface area contributed by atoms with E-state index in [2.05, 4.69) is 37.2 Å². The molecular weight excluding hydrogens is 460 g/mol. The van der Waals surface area contributed by atoms with E-state index in [1.165, 1.54) is 4.31 Å². The van der Waals surface area contributed by atoms with E-state index in [0.29, 0.717) is 29.9 Å². The molecule has 1 saturated heterocycles. The van der Waals surface area contributed by atoms with Crippen molar-refractivity contribution in [2.24, 2.45) is 0 Å². The van der Waals surface area contributed by atoms with Crippen molar-refractivity contribution >= 4 is 59.2 Å². The van der Waals surface area contributed by atoms with Crippen LogP contribution >= 0.6 is 31.9 Å². The highest BCUT2D eigenvalue weighted by Gasteiger charge is 2.28. The van der Waals surface area contributed by atoms with Gasteiger partial charge in [-0.2, -0.15) is 0 Å². The van der Waals surface area contributed by atoms with Gasteiger partial charge >= 0.3 is 0 Å². The minimum absolute atomic E-state index is 0.173. The Labute approximate surface area is 157 Å². The average molecular weight is 474 g/mol. The number of nitrogens with zero attached hydrogens (tertiary/aromatic N) is 1. The maximum atomic E-state index is 12.3. The number of halogens is 2. The zero-order valence-corrected chi connectivity index (χ0v) is 16.5. The van der Waals surface area contributed by atoms with Crippen LogP contribution in [-0.4, -0.2) is 26.6 Å². The maximum Gasteiger partial charge on any atom is 0.255 e. The molecule has 0 aromatic heterocycles. The van der Waals surface area contributed by atoms with Crippen LogP contribution in [0.4, 0.5) is 11.4 Å². The summed E-state index contributed by atoms with van der Waals surface area (Å²) in [5, 5.41) is 2.82. The Kier molecular flexibility index (Phi) is 4.98. The fraction of sp³-hybridized carbons (Fsp3) is 0.188. The lowest BCUT2D eigenvalue weighted by Gasteiger charge is -2.17. The minimum atomic E-state index is -3.21. The fourth-order valence-corrected chi connectivity index (χ4v) is 5.20. The first kappa shape index (κ1) is 17.4. The molecule has 126 valence electrons. The van der Waals surface area contributed by atoms with Crippen LogP contribution in [-0.2, 0) is 10.0 Å². The Morgan fingerprint density at radius 1 is 1.08 bits per heavy atom. The van der Waals surface area contributed by atoms with Gasteiger partial charge in [0, 0.05) is 21.1 Å². The summed E-state index contributed by atoms with van der Waals surface area (Å²) in [6.45, 7) is 0.486. The first-order valence-corrected chi connectivity index (χ1v) is 10.4. The van der Waals surface area contributed by atoms with E-state index in [4.69, 9.17) is 0 Å². The second-order valence-corrected chi connectivity index (χ2v) is 9.15. The quantitative estimate of drug-likeness (QED) is 0.732. The molecule has 0 unspecified atom stereocenters. The molecule has 1 aliphatic heterocycles. The topological polar surface area (TPSA) is 66.5 Å². The fourth-order valence-electron chi connectivity index (χ4n) is 2.49. The summed E-state index contributed by atoms with van der Waals surface area (Å²) in [5.74, 6) is -0.0822. The van der Waals surface area contributed by atoms with E-state index in [-0.39, 0.29) is 11.7 Å². The second-order valence-electron chi connectivity index (χ2n) is 5.37. The molecule has 2 aromatic carbocycles. The lowest BCUT2D eigenvalue weighted by molar-refractivity contribution is 0.102. The van der Waals surface area contributed by atoms with Gasteiger partial charge in [-0.15, -0.1) is 0 Å². The third kappa shape index (κ3) is 3.65. The van der Waals surface area contributed by atoms with E-state index in [1.807, 2.05) is 12.1 Å². The molecule has 0 radical (unpaired) electrons. The molecular formula is C16H14Br2N2O3S. The molecule has 3 rings (SSSR count). The van der Waals surface area contributed by atoms with Crippen LogP contribution in [0.25, 0.3) is 0 Å². The molecule has 1 heterocycles. The lowest BCUT2D eigenvalue weighted by atomic mass is 10.2. The molecule has 5 nitrogen and oxygen atoms in total. The third-order valence-corrected chi connectivity index (χ3v) is 6.71. The number of sulfonamides is 1. The van der Waals surface area contributed by atoms with Crippen LogP contribution in [0, 0.1) is 0 Å². The molecule has 1 N–H and O–H groups in total. The number of hydrogen-bond donors (Lipinski definition) is 1. The zero-order valence-electron chi connectivity index (χ0n) is 12.5. The number of carbonyl (C=O) groups excluding carboxylic acids is 1. The molecule has 24 heavy (non-hydrogen) atoms. The number of rotatable bonds is 3. The molecule has 0 saturated carbocycles. The normalized spacial score (nSPS) is 16.2. The molecule has 2 aromatic rings. The Hall–Kier alpha value is -1.38. The number of benzene rings is 2. The van der Waals surface area contributed by atoms with Crippen LogP contribution in [0.15, 0.2) is 51.4 Å². The molecule has 1 amide bonds. The van der Waals surface area contributed by atoms with Crippen molar-refractivity contribution in [3.8, 4) is 0 Å². The van der Waals surface area contributed by atoms with Crippen molar-refractivity contribution in [2.45, 2.75) is 6.42 Å². The molecule has 0 bridgehead atoms. The number of carbonyl (C=O) groups is 1.